The zero-order valence-electron chi connectivity index (χ0n) is 20.0. The molecule has 4 N–H and O–H groups in total. The van der Waals surface area contributed by atoms with Crippen LogP contribution in [0.2, 0.25) is 0 Å². The van der Waals surface area contributed by atoms with E-state index in [0.717, 1.165) is 36.6 Å². The van der Waals surface area contributed by atoms with Gasteiger partial charge in [-0.25, -0.2) is 0 Å². The van der Waals surface area contributed by atoms with Gasteiger partial charge in [0.05, 0.1) is 29.1 Å². The minimum absolute atomic E-state index is 0.292. The van der Waals surface area contributed by atoms with E-state index in [0.29, 0.717) is 23.6 Å². The highest BCUT2D eigenvalue weighted by molar-refractivity contribution is 6.04. The molecule has 35 heavy (non-hydrogen) atoms. The average molecular weight is 472 g/mol. The molecule has 1 aromatic carbocycles. The Balaban J connectivity index is 1.39. The van der Waals surface area contributed by atoms with Crippen LogP contribution in [0, 0.1) is 0 Å². The maximum atomic E-state index is 12.6. The van der Waals surface area contributed by atoms with Crippen molar-refractivity contribution in [1.82, 2.24) is 19.8 Å². The standard InChI is InChI=1S/C27H33N7O/c1-21(31-23-8-6-13-29-19-23)34(17-7-16-33-14-4-5-15-33)20-22-11-12-26(30-18-22)27(35)32-25-10-3-2-9-24(25)28/h2-3,6,8-13,18-19,31H,1,4-5,7,14-17,20,28H2,(H,32,35). The highest BCUT2D eigenvalue weighted by Crippen LogP contribution is 2.18. The molecule has 8 nitrogen and oxygen atoms in total. The Bertz CT molecular complexity index is 1110. The van der Waals surface area contributed by atoms with E-state index in [9.17, 15) is 4.79 Å². The fourth-order valence-corrected chi connectivity index (χ4v) is 4.15. The van der Waals surface area contributed by atoms with Crippen LogP contribution in [-0.4, -0.2) is 51.9 Å². The highest BCUT2D eigenvalue weighted by atomic mass is 16.1. The number of hydrogen-bond donors (Lipinski definition) is 3. The maximum Gasteiger partial charge on any atom is 0.274 e. The van der Waals surface area contributed by atoms with Crippen molar-refractivity contribution in [2.24, 2.45) is 0 Å². The Kier molecular flexibility index (Phi) is 8.30. The molecule has 0 bridgehead atoms. The molecule has 4 rings (SSSR count). The largest absolute Gasteiger partial charge is 0.397 e. The number of para-hydroxylation sites is 2. The minimum atomic E-state index is -0.292. The summed E-state index contributed by atoms with van der Waals surface area (Å²) in [6.07, 6.45) is 8.90. The summed E-state index contributed by atoms with van der Waals surface area (Å²) < 4.78 is 0. The Morgan fingerprint density at radius 3 is 2.60 bits per heavy atom. The molecule has 0 spiro atoms. The zero-order valence-corrected chi connectivity index (χ0v) is 20.0. The molecule has 2 aromatic heterocycles. The van der Waals surface area contributed by atoms with Gasteiger partial charge in [-0.2, -0.15) is 0 Å². The lowest BCUT2D eigenvalue weighted by atomic mass is 10.2. The summed E-state index contributed by atoms with van der Waals surface area (Å²) >= 11 is 0. The average Bonchev–Trinajstić information content (AvgIpc) is 3.39. The van der Waals surface area contributed by atoms with Crippen LogP contribution < -0.4 is 16.4 Å². The number of nitrogens with one attached hydrogen (secondary N) is 2. The number of likely N-dealkylation sites (tertiary alicyclic amines) is 1. The van der Waals surface area contributed by atoms with Gasteiger partial charge in [0, 0.05) is 25.5 Å². The number of pyridine rings is 2. The van der Waals surface area contributed by atoms with Gasteiger partial charge in [-0.05, 0) is 74.8 Å². The molecule has 3 aromatic rings. The van der Waals surface area contributed by atoms with Crippen LogP contribution in [0.4, 0.5) is 17.1 Å². The lowest BCUT2D eigenvalue weighted by Crippen LogP contribution is -2.30. The second-order valence-corrected chi connectivity index (χ2v) is 8.73. The molecule has 8 heteroatoms. The third-order valence-electron chi connectivity index (χ3n) is 6.07. The molecule has 0 unspecified atom stereocenters. The number of anilines is 3. The van der Waals surface area contributed by atoms with Gasteiger partial charge in [0.25, 0.3) is 5.91 Å². The smallest absolute Gasteiger partial charge is 0.274 e. The predicted octanol–water partition coefficient (Wildman–Crippen LogP) is 4.18. The molecule has 1 aliphatic heterocycles. The molecule has 1 amide bonds. The summed E-state index contributed by atoms with van der Waals surface area (Å²) in [5.74, 6) is 0.514. The van der Waals surface area contributed by atoms with Gasteiger partial charge in [0.15, 0.2) is 0 Å². The van der Waals surface area contributed by atoms with Crippen LogP contribution in [0.15, 0.2) is 79.5 Å². The summed E-state index contributed by atoms with van der Waals surface area (Å²) in [4.78, 5) is 25.9. The van der Waals surface area contributed by atoms with Crippen molar-refractivity contribution in [3.63, 3.8) is 0 Å². The van der Waals surface area contributed by atoms with Gasteiger partial charge in [0.2, 0.25) is 0 Å². The first-order valence-corrected chi connectivity index (χ1v) is 12.0. The molecule has 1 saturated heterocycles. The fourth-order valence-electron chi connectivity index (χ4n) is 4.15. The van der Waals surface area contributed by atoms with Crippen molar-refractivity contribution < 1.29 is 4.79 Å². The summed E-state index contributed by atoms with van der Waals surface area (Å²) in [6, 6.07) is 14.7. The molecule has 0 atom stereocenters. The van der Waals surface area contributed by atoms with Crippen LogP contribution in [0.3, 0.4) is 0 Å². The van der Waals surface area contributed by atoms with E-state index < -0.39 is 0 Å². The molecule has 0 aliphatic carbocycles. The van der Waals surface area contributed by atoms with Crippen LogP contribution in [-0.2, 0) is 6.54 Å². The first-order valence-electron chi connectivity index (χ1n) is 12.0. The zero-order chi connectivity index (χ0) is 24.5. The summed E-state index contributed by atoms with van der Waals surface area (Å²) in [6.45, 7) is 9.23. The Labute approximate surface area is 206 Å². The number of nitrogens with zero attached hydrogens (tertiary/aromatic N) is 4. The van der Waals surface area contributed by atoms with E-state index in [4.69, 9.17) is 5.73 Å². The number of nitrogen functional groups attached to an aromatic ring is 1. The summed E-state index contributed by atoms with van der Waals surface area (Å²) in [5.41, 5.74) is 9.25. The van der Waals surface area contributed by atoms with E-state index in [1.54, 1.807) is 36.8 Å². The number of benzene rings is 1. The number of hydrogen-bond acceptors (Lipinski definition) is 7. The molecule has 1 aliphatic rings. The van der Waals surface area contributed by atoms with Crippen LogP contribution in [0.25, 0.3) is 0 Å². The molecule has 182 valence electrons. The number of amides is 1. The van der Waals surface area contributed by atoms with Crippen molar-refractivity contribution >= 4 is 23.0 Å². The van der Waals surface area contributed by atoms with Crippen molar-refractivity contribution in [3.05, 3.63) is 90.8 Å². The van der Waals surface area contributed by atoms with Gasteiger partial charge in [-0.15, -0.1) is 0 Å². The second kappa shape index (κ2) is 12.0. The lowest BCUT2D eigenvalue weighted by molar-refractivity contribution is 0.102. The molecule has 0 saturated carbocycles. The molecule has 0 radical (unpaired) electrons. The normalized spacial score (nSPS) is 13.4. The quantitative estimate of drug-likeness (QED) is 0.361. The number of carbonyl (C=O) groups excluding carboxylic acids is 1. The Morgan fingerprint density at radius 2 is 1.89 bits per heavy atom. The minimum Gasteiger partial charge on any atom is -0.397 e. The summed E-state index contributed by atoms with van der Waals surface area (Å²) in [5, 5.41) is 6.18. The van der Waals surface area contributed by atoms with Crippen molar-refractivity contribution in [1.29, 1.82) is 0 Å². The van der Waals surface area contributed by atoms with E-state index in [1.807, 2.05) is 30.3 Å². The van der Waals surface area contributed by atoms with Crippen molar-refractivity contribution in [2.45, 2.75) is 25.8 Å². The fraction of sp³-hybridized carbons (Fsp3) is 0.296. The van der Waals surface area contributed by atoms with E-state index in [1.165, 1.54) is 25.9 Å². The van der Waals surface area contributed by atoms with Gasteiger partial charge in [-0.1, -0.05) is 24.8 Å². The summed E-state index contributed by atoms with van der Waals surface area (Å²) in [7, 11) is 0. The predicted molar refractivity (Wildman–Crippen MR) is 141 cm³/mol. The molecular formula is C27H33N7O. The number of rotatable bonds is 11. The van der Waals surface area contributed by atoms with Crippen molar-refractivity contribution in [3.8, 4) is 0 Å². The van der Waals surface area contributed by atoms with Gasteiger partial charge in [-0.3, -0.25) is 14.8 Å². The van der Waals surface area contributed by atoms with Crippen LogP contribution >= 0.6 is 0 Å². The van der Waals surface area contributed by atoms with Crippen molar-refractivity contribution in [2.75, 3.05) is 42.5 Å². The lowest BCUT2D eigenvalue weighted by Gasteiger charge is -2.28. The topological polar surface area (TPSA) is 99.4 Å². The first kappa shape index (κ1) is 24.2. The van der Waals surface area contributed by atoms with Gasteiger partial charge >= 0.3 is 0 Å². The maximum absolute atomic E-state index is 12.6. The Hall–Kier alpha value is -3.91. The highest BCUT2D eigenvalue weighted by Gasteiger charge is 2.15. The number of carbonyl (C=O) groups is 1. The molecular weight excluding hydrogens is 438 g/mol. The van der Waals surface area contributed by atoms with Gasteiger partial charge in [0.1, 0.15) is 5.69 Å². The van der Waals surface area contributed by atoms with E-state index in [2.05, 4.69) is 37.0 Å². The SMILES string of the molecule is C=C(Nc1cccnc1)N(CCCN1CCCC1)Cc1ccc(C(=O)Nc2ccccc2N)nc1. The first-order chi connectivity index (χ1) is 17.1. The van der Waals surface area contributed by atoms with Gasteiger partial charge < -0.3 is 26.2 Å². The van der Waals surface area contributed by atoms with E-state index >= 15 is 0 Å². The number of nitrogens with two attached hydrogens (primary N) is 1. The van der Waals surface area contributed by atoms with E-state index in [-0.39, 0.29) is 5.91 Å². The third-order valence-corrected chi connectivity index (χ3v) is 6.07. The molecule has 3 heterocycles. The monoisotopic (exact) mass is 471 g/mol. The van der Waals surface area contributed by atoms with Crippen LogP contribution in [0.1, 0.15) is 35.3 Å². The Morgan fingerprint density at radius 1 is 1.06 bits per heavy atom. The third kappa shape index (κ3) is 7.04. The number of aromatic nitrogens is 2. The van der Waals surface area contributed by atoms with Crippen LogP contribution in [0.5, 0.6) is 0 Å². The molecule has 1 fully saturated rings. The second-order valence-electron chi connectivity index (χ2n) is 8.73.